The average molecular weight is 491 g/mol. The predicted molar refractivity (Wildman–Crippen MR) is 140 cm³/mol. The SMILES string of the molecule is CCCCNC(=O)[C@@H](Cc1ccccc1)N(Cc1ccccc1F)C(=O)COc1cc(C)cc(C)c1. The number of carbonyl (C=O) groups excluding carboxylic acids is 2. The number of carbonyl (C=O) groups is 2. The first kappa shape index (κ1) is 26.9. The first-order chi connectivity index (χ1) is 17.4. The number of ether oxygens (including phenoxy) is 1. The molecule has 2 amide bonds. The van der Waals surface area contributed by atoms with Crippen molar-refractivity contribution in [3.05, 3.63) is 101 Å². The lowest BCUT2D eigenvalue weighted by molar-refractivity contribution is -0.142. The van der Waals surface area contributed by atoms with E-state index < -0.39 is 11.9 Å². The molecule has 0 unspecified atom stereocenters. The number of benzene rings is 3. The van der Waals surface area contributed by atoms with Crippen LogP contribution in [0.3, 0.4) is 0 Å². The van der Waals surface area contributed by atoms with Gasteiger partial charge in [-0.25, -0.2) is 4.39 Å². The quantitative estimate of drug-likeness (QED) is 0.347. The standard InChI is InChI=1S/C30H35FN2O3/c1-4-5-15-32-30(35)28(19-24-11-7-6-8-12-24)33(20-25-13-9-10-14-27(25)31)29(34)21-36-26-17-22(2)16-23(3)18-26/h6-14,16-18,28H,4-5,15,19-21H2,1-3H3,(H,32,35)/t28-/m1/s1. The summed E-state index contributed by atoms with van der Waals surface area (Å²) in [5.74, 6) is -0.485. The second-order valence-corrected chi connectivity index (χ2v) is 9.08. The summed E-state index contributed by atoms with van der Waals surface area (Å²) in [6, 6.07) is 20.8. The minimum absolute atomic E-state index is 0.0413. The fraction of sp³-hybridized carbons (Fsp3) is 0.333. The van der Waals surface area contributed by atoms with Gasteiger partial charge in [-0.3, -0.25) is 9.59 Å². The molecular weight excluding hydrogens is 455 g/mol. The van der Waals surface area contributed by atoms with E-state index in [9.17, 15) is 14.0 Å². The molecule has 0 heterocycles. The highest BCUT2D eigenvalue weighted by Crippen LogP contribution is 2.19. The molecular formula is C30H35FN2O3. The van der Waals surface area contributed by atoms with Gasteiger partial charge in [-0.05, 0) is 55.2 Å². The lowest BCUT2D eigenvalue weighted by Gasteiger charge is -2.31. The topological polar surface area (TPSA) is 58.6 Å². The van der Waals surface area contributed by atoms with Crippen LogP contribution < -0.4 is 10.1 Å². The number of aryl methyl sites for hydroxylation is 2. The molecule has 0 spiro atoms. The predicted octanol–water partition coefficient (Wildman–Crippen LogP) is 5.38. The minimum atomic E-state index is -0.820. The molecule has 0 aromatic heterocycles. The van der Waals surface area contributed by atoms with Crippen molar-refractivity contribution in [2.24, 2.45) is 0 Å². The molecule has 0 radical (unpaired) electrons. The highest BCUT2D eigenvalue weighted by molar-refractivity contribution is 5.88. The van der Waals surface area contributed by atoms with Gasteiger partial charge in [-0.15, -0.1) is 0 Å². The summed E-state index contributed by atoms with van der Waals surface area (Å²) in [5, 5.41) is 2.96. The van der Waals surface area contributed by atoms with Crippen molar-refractivity contribution >= 4 is 11.8 Å². The molecule has 190 valence electrons. The van der Waals surface area contributed by atoms with Gasteiger partial charge in [0.2, 0.25) is 5.91 Å². The highest BCUT2D eigenvalue weighted by atomic mass is 19.1. The maximum atomic E-state index is 14.6. The third kappa shape index (κ3) is 7.94. The summed E-state index contributed by atoms with van der Waals surface area (Å²) >= 11 is 0. The Morgan fingerprint density at radius 3 is 2.31 bits per heavy atom. The Morgan fingerprint density at radius 1 is 0.972 bits per heavy atom. The van der Waals surface area contributed by atoms with Gasteiger partial charge in [0.1, 0.15) is 17.6 Å². The molecule has 5 nitrogen and oxygen atoms in total. The lowest BCUT2D eigenvalue weighted by Crippen LogP contribution is -2.52. The van der Waals surface area contributed by atoms with Crippen molar-refractivity contribution in [3.8, 4) is 5.75 Å². The van der Waals surface area contributed by atoms with Gasteiger partial charge in [0.15, 0.2) is 6.61 Å². The summed E-state index contributed by atoms with van der Waals surface area (Å²) in [4.78, 5) is 28.4. The number of hydrogen-bond acceptors (Lipinski definition) is 3. The number of halogens is 1. The van der Waals surface area contributed by atoms with Crippen molar-refractivity contribution in [3.63, 3.8) is 0 Å². The van der Waals surface area contributed by atoms with Crippen molar-refractivity contribution in [1.82, 2.24) is 10.2 Å². The molecule has 0 saturated carbocycles. The molecule has 1 atom stereocenters. The molecule has 6 heteroatoms. The highest BCUT2D eigenvalue weighted by Gasteiger charge is 2.31. The molecule has 3 rings (SSSR count). The summed E-state index contributed by atoms with van der Waals surface area (Å²) in [7, 11) is 0. The summed E-state index contributed by atoms with van der Waals surface area (Å²) in [5.41, 5.74) is 3.31. The van der Waals surface area contributed by atoms with E-state index in [0.29, 0.717) is 24.3 Å². The number of hydrogen-bond donors (Lipinski definition) is 1. The van der Waals surface area contributed by atoms with Crippen LogP contribution in [-0.4, -0.2) is 35.9 Å². The van der Waals surface area contributed by atoms with Gasteiger partial charge in [0, 0.05) is 25.1 Å². The third-order valence-electron chi connectivity index (χ3n) is 5.96. The zero-order chi connectivity index (χ0) is 25.9. The number of amides is 2. The van der Waals surface area contributed by atoms with E-state index >= 15 is 0 Å². The molecule has 0 aliphatic rings. The summed E-state index contributed by atoms with van der Waals surface area (Å²) in [6.07, 6.45) is 2.08. The average Bonchev–Trinajstić information content (AvgIpc) is 2.86. The van der Waals surface area contributed by atoms with Gasteiger partial charge >= 0.3 is 0 Å². The van der Waals surface area contributed by atoms with Crippen LogP contribution in [0.5, 0.6) is 5.75 Å². The first-order valence-electron chi connectivity index (χ1n) is 12.4. The van der Waals surface area contributed by atoms with E-state index in [0.717, 1.165) is 29.5 Å². The van der Waals surface area contributed by atoms with E-state index in [4.69, 9.17) is 4.74 Å². The maximum Gasteiger partial charge on any atom is 0.261 e. The zero-order valence-electron chi connectivity index (χ0n) is 21.3. The Labute approximate surface area is 213 Å². The van der Waals surface area contributed by atoms with Gasteiger partial charge < -0.3 is 15.0 Å². The van der Waals surface area contributed by atoms with Gasteiger partial charge in [0.25, 0.3) is 5.91 Å². The first-order valence-corrected chi connectivity index (χ1v) is 12.4. The van der Waals surface area contributed by atoms with Crippen molar-refractivity contribution in [2.75, 3.05) is 13.2 Å². The van der Waals surface area contributed by atoms with E-state index in [1.807, 2.05) is 69.3 Å². The van der Waals surface area contributed by atoms with Gasteiger partial charge in [0.05, 0.1) is 0 Å². The Bertz CT molecular complexity index is 1130. The number of nitrogens with zero attached hydrogens (tertiary/aromatic N) is 1. The molecule has 3 aromatic carbocycles. The molecule has 0 aliphatic heterocycles. The second kappa shape index (κ2) is 13.4. The zero-order valence-corrected chi connectivity index (χ0v) is 21.3. The fourth-order valence-corrected chi connectivity index (χ4v) is 4.11. The minimum Gasteiger partial charge on any atom is -0.484 e. The van der Waals surface area contributed by atoms with Gasteiger partial charge in [-0.1, -0.05) is 67.9 Å². The molecule has 0 aliphatic carbocycles. The van der Waals surface area contributed by atoms with Crippen molar-refractivity contribution < 1.29 is 18.7 Å². The van der Waals surface area contributed by atoms with Crippen LogP contribution in [0.15, 0.2) is 72.8 Å². The number of nitrogens with one attached hydrogen (secondary N) is 1. The Morgan fingerprint density at radius 2 is 1.64 bits per heavy atom. The van der Waals surface area contributed by atoms with Crippen LogP contribution in [0.1, 0.15) is 42.0 Å². The van der Waals surface area contributed by atoms with E-state index in [2.05, 4.69) is 5.32 Å². The van der Waals surface area contributed by atoms with Crippen LogP contribution in [0, 0.1) is 19.7 Å². The van der Waals surface area contributed by atoms with Crippen molar-refractivity contribution in [2.45, 2.75) is 52.6 Å². The third-order valence-corrected chi connectivity index (χ3v) is 5.96. The molecule has 0 fully saturated rings. The molecule has 0 bridgehead atoms. The number of rotatable bonds is 12. The van der Waals surface area contributed by atoms with Gasteiger partial charge in [-0.2, -0.15) is 0 Å². The van der Waals surface area contributed by atoms with Crippen LogP contribution in [-0.2, 0) is 22.6 Å². The second-order valence-electron chi connectivity index (χ2n) is 9.08. The van der Waals surface area contributed by atoms with Crippen LogP contribution in [0.2, 0.25) is 0 Å². The largest absolute Gasteiger partial charge is 0.484 e. The molecule has 1 N–H and O–H groups in total. The van der Waals surface area contributed by atoms with Crippen LogP contribution in [0.4, 0.5) is 4.39 Å². The fourth-order valence-electron chi connectivity index (χ4n) is 4.11. The lowest BCUT2D eigenvalue weighted by atomic mass is 10.0. The Balaban J connectivity index is 1.90. The van der Waals surface area contributed by atoms with E-state index in [-0.39, 0.29) is 25.0 Å². The smallest absolute Gasteiger partial charge is 0.261 e. The maximum absolute atomic E-state index is 14.6. The van der Waals surface area contributed by atoms with E-state index in [1.54, 1.807) is 18.2 Å². The molecule has 3 aromatic rings. The van der Waals surface area contributed by atoms with E-state index in [1.165, 1.54) is 11.0 Å². The monoisotopic (exact) mass is 490 g/mol. The molecule has 0 saturated heterocycles. The Hall–Kier alpha value is -3.67. The van der Waals surface area contributed by atoms with Crippen LogP contribution in [0.25, 0.3) is 0 Å². The summed E-state index contributed by atoms with van der Waals surface area (Å²) in [6.45, 7) is 6.18. The number of unbranched alkanes of at least 4 members (excludes halogenated alkanes) is 1. The van der Waals surface area contributed by atoms with Crippen LogP contribution >= 0.6 is 0 Å². The summed E-state index contributed by atoms with van der Waals surface area (Å²) < 4.78 is 20.5. The molecule has 36 heavy (non-hydrogen) atoms. The normalized spacial score (nSPS) is 11.6. The van der Waals surface area contributed by atoms with Crippen molar-refractivity contribution in [1.29, 1.82) is 0 Å². The Kier molecular flexibility index (Phi) is 10.0.